The van der Waals surface area contributed by atoms with Gasteiger partial charge in [0.25, 0.3) is 0 Å². The van der Waals surface area contributed by atoms with Crippen LogP contribution in [-0.4, -0.2) is 125 Å². The highest BCUT2D eigenvalue weighted by Gasteiger charge is 2.48. The standard InChI is InChI=1S/C39H53ClN4O10S/c1-4-26-20-30(29-9-5-6-10-35(29)54-27-11-12-27)31(21-42-26)39(15-16-39)53-24-25-19-28(13-14-32(25)40)55(51,52)44(3)18-8-7-17-41-38(50)43(2)22-33(46)36(48)37(49)34(47)23-45/h5-6,9-10,13-14,19-21,27,33-34,36-37,45-49H,4,7-8,11-12,15-18,22-24H2,1-3H3,(H,41,50)/t33-,34+,36+,37+/m0/s1. The lowest BCUT2D eigenvalue weighted by Crippen LogP contribution is -2.51. The summed E-state index contributed by atoms with van der Waals surface area (Å²) in [5, 5.41) is 51.3. The van der Waals surface area contributed by atoms with Crippen molar-refractivity contribution in [2.45, 2.75) is 99.5 Å². The molecule has 2 saturated carbocycles. The fourth-order valence-corrected chi connectivity index (χ4v) is 7.64. The van der Waals surface area contributed by atoms with Gasteiger partial charge in [-0.05, 0) is 86.4 Å². The van der Waals surface area contributed by atoms with Crippen LogP contribution in [0, 0.1) is 0 Å². The van der Waals surface area contributed by atoms with Gasteiger partial charge in [-0.25, -0.2) is 17.5 Å². The van der Waals surface area contributed by atoms with Gasteiger partial charge in [0, 0.05) is 55.2 Å². The van der Waals surface area contributed by atoms with Crippen molar-refractivity contribution >= 4 is 27.7 Å². The summed E-state index contributed by atoms with van der Waals surface area (Å²) in [6.07, 6.45) is 0.621. The Balaban J connectivity index is 1.16. The third kappa shape index (κ3) is 10.7. The number of nitrogens with one attached hydrogen (secondary N) is 1. The Morgan fingerprint density at radius 2 is 1.73 bits per heavy atom. The van der Waals surface area contributed by atoms with E-state index in [1.54, 1.807) is 12.1 Å². The molecular formula is C39H53ClN4O10S. The molecule has 0 aliphatic heterocycles. The first kappa shape index (κ1) is 42.8. The monoisotopic (exact) mass is 804 g/mol. The number of aromatic nitrogens is 1. The smallest absolute Gasteiger partial charge is 0.317 e. The normalized spacial score (nSPS) is 17.3. The number of aliphatic hydroxyl groups excluding tert-OH is 5. The quantitative estimate of drug-likeness (QED) is 0.0864. The van der Waals surface area contributed by atoms with Crippen LogP contribution in [0.5, 0.6) is 5.75 Å². The molecule has 14 nitrogen and oxygen atoms in total. The lowest BCUT2D eigenvalue weighted by Gasteiger charge is -2.28. The van der Waals surface area contributed by atoms with Crippen LogP contribution in [0.2, 0.25) is 5.02 Å². The van der Waals surface area contributed by atoms with E-state index in [1.165, 1.54) is 24.5 Å². The predicted molar refractivity (Wildman–Crippen MR) is 206 cm³/mol. The van der Waals surface area contributed by atoms with Crippen LogP contribution < -0.4 is 10.1 Å². The van der Waals surface area contributed by atoms with Gasteiger partial charge in [-0.15, -0.1) is 0 Å². The summed E-state index contributed by atoms with van der Waals surface area (Å²) in [5.74, 6) is 0.835. The van der Waals surface area contributed by atoms with Crippen LogP contribution >= 0.6 is 11.6 Å². The maximum atomic E-state index is 13.6. The number of benzene rings is 2. The number of aryl methyl sites for hydroxylation is 1. The number of ether oxygens (including phenoxy) is 2. The largest absolute Gasteiger partial charge is 0.490 e. The second-order valence-electron chi connectivity index (χ2n) is 14.4. The van der Waals surface area contributed by atoms with Gasteiger partial charge >= 0.3 is 6.03 Å². The zero-order valence-corrected chi connectivity index (χ0v) is 33.0. The van der Waals surface area contributed by atoms with Crippen molar-refractivity contribution in [1.29, 1.82) is 0 Å². The topological polar surface area (TPSA) is 202 Å². The highest BCUT2D eigenvalue weighted by atomic mass is 35.5. The molecule has 0 unspecified atom stereocenters. The van der Waals surface area contributed by atoms with E-state index in [2.05, 4.69) is 24.4 Å². The number of urea groups is 1. The SMILES string of the molecule is CCc1cc(-c2ccccc2OC2CC2)c(C2(OCc3cc(S(=O)(=O)N(C)CCCCNC(=O)N(C)C[C@H](O)[C@@H](O)[C@H](O)[C@H](O)CO)ccc3Cl)CC2)cn1. The van der Waals surface area contributed by atoms with Crippen LogP contribution in [0.15, 0.2) is 59.6 Å². The summed E-state index contributed by atoms with van der Waals surface area (Å²) in [6, 6.07) is 14.2. The molecule has 0 spiro atoms. The summed E-state index contributed by atoms with van der Waals surface area (Å²) < 4.78 is 41.3. The van der Waals surface area contributed by atoms with Gasteiger partial charge in [0.2, 0.25) is 10.0 Å². The molecular weight excluding hydrogens is 752 g/mol. The summed E-state index contributed by atoms with van der Waals surface area (Å²) in [4.78, 5) is 18.3. The number of likely N-dealkylation sites (N-methyl/N-ethyl adjacent to an activating group) is 1. The Labute approximate surface area is 327 Å². The fourth-order valence-electron chi connectivity index (χ4n) is 6.20. The molecule has 302 valence electrons. The molecule has 0 saturated heterocycles. The fraction of sp³-hybridized carbons (Fsp3) is 0.538. The number of carbonyl (C=O) groups excluding carboxylic acids is 1. The molecule has 4 atom stereocenters. The first-order valence-corrected chi connectivity index (χ1v) is 20.5. The van der Waals surface area contributed by atoms with Crippen molar-refractivity contribution in [3.8, 4) is 16.9 Å². The van der Waals surface area contributed by atoms with Crippen molar-refractivity contribution < 1.29 is 48.2 Å². The number of aliphatic hydroxyl groups is 5. The van der Waals surface area contributed by atoms with Gasteiger partial charge in [-0.2, -0.15) is 0 Å². The third-order valence-electron chi connectivity index (χ3n) is 10.1. The van der Waals surface area contributed by atoms with Crippen molar-refractivity contribution in [2.24, 2.45) is 0 Å². The second-order valence-corrected chi connectivity index (χ2v) is 16.8. The summed E-state index contributed by atoms with van der Waals surface area (Å²) in [7, 11) is -1.03. The lowest BCUT2D eigenvalue weighted by atomic mass is 9.94. The zero-order valence-electron chi connectivity index (χ0n) is 31.5. The molecule has 2 aliphatic rings. The van der Waals surface area contributed by atoms with E-state index in [-0.39, 0.29) is 37.2 Å². The van der Waals surface area contributed by atoms with E-state index in [0.717, 1.165) is 65.1 Å². The molecule has 2 fully saturated rings. The van der Waals surface area contributed by atoms with E-state index in [9.17, 15) is 33.6 Å². The molecule has 1 aromatic heterocycles. The van der Waals surface area contributed by atoms with Crippen molar-refractivity contribution in [3.05, 3.63) is 76.6 Å². The minimum Gasteiger partial charge on any atom is -0.490 e. The van der Waals surface area contributed by atoms with Crippen molar-refractivity contribution in [3.63, 3.8) is 0 Å². The maximum Gasteiger partial charge on any atom is 0.317 e. The van der Waals surface area contributed by atoms with E-state index >= 15 is 0 Å². The van der Waals surface area contributed by atoms with Gasteiger partial charge in [-0.3, -0.25) is 4.98 Å². The number of sulfonamides is 1. The lowest BCUT2D eigenvalue weighted by molar-refractivity contribution is -0.117. The third-order valence-corrected chi connectivity index (χ3v) is 12.3. The van der Waals surface area contributed by atoms with Gasteiger partial charge in [0.15, 0.2) is 0 Å². The molecule has 5 rings (SSSR count). The number of halogens is 1. The van der Waals surface area contributed by atoms with Crippen LogP contribution in [0.3, 0.4) is 0 Å². The number of amides is 2. The van der Waals surface area contributed by atoms with Crippen LogP contribution in [-0.2, 0) is 33.4 Å². The second kappa shape index (κ2) is 18.7. The van der Waals surface area contributed by atoms with Gasteiger partial charge in [0.05, 0.1) is 36.4 Å². The van der Waals surface area contributed by atoms with E-state index in [1.807, 2.05) is 24.4 Å². The molecule has 2 aromatic carbocycles. The van der Waals surface area contributed by atoms with Gasteiger partial charge in [-0.1, -0.05) is 36.7 Å². The molecule has 3 aromatic rings. The molecule has 55 heavy (non-hydrogen) atoms. The first-order valence-electron chi connectivity index (χ1n) is 18.7. The Hall–Kier alpha value is -3.38. The predicted octanol–water partition coefficient (Wildman–Crippen LogP) is 3.19. The number of nitrogens with zero attached hydrogens (tertiary/aromatic N) is 3. The highest BCUT2D eigenvalue weighted by Crippen LogP contribution is 2.53. The molecule has 2 amide bonds. The summed E-state index contributed by atoms with van der Waals surface area (Å²) >= 11 is 6.59. The molecule has 2 aliphatic carbocycles. The summed E-state index contributed by atoms with van der Waals surface area (Å²) in [5.41, 5.74) is 3.87. The molecule has 0 radical (unpaired) electrons. The number of para-hydroxylation sites is 1. The Morgan fingerprint density at radius 1 is 1.02 bits per heavy atom. The average molecular weight is 805 g/mol. The molecule has 6 N–H and O–H groups in total. The number of carbonyl (C=O) groups is 1. The number of unbranched alkanes of at least 4 members (excludes halogenated alkanes) is 1. The van der Waals surface area contributed by atoms with E-state index < -0.39 is 52.7 Å². The minimum absolute atomic E-state index is 0.0796. The van der Waals surface area contributed by atoms with Crippen LogP contribution in [0.1, 0.15) is 62.3 Å². The number of rotatable bonds is 21. The van der Waals surface area contributed by atoms with Crippen LogP contribution in [0.25, 0.3) is 11.1 Å². The average Bonchev–Trinajstić information content (AvgIpc) is 4.14. The van der Waals surface area contributed by atoms with Crippen molar-refractivity contribution in [2.75, 3.05) is 40.3 Å². The highest BCUT2D eigenvalue weighted by molar-refractivity contribution is 7.89. The first-order chi connectivity index (χ1) is 26.2. The van der Waals surface area contributed by atoms with E-state index in [4.69, 9.17) is 31.2 Å². The van der Waals surface area contributed by atoms with E-state index in [0.29, 0.717) is 23.4 Å². The number of hydrogen-bond acceptors (Lipinski definition) is 11. The minimum atomic E-state index is -3.89. The molecule has 1 heterocycles. The van der Waals surface area contributed by atoms with Gasteiger partial charge in [0.1, 0.15) is 30.2 Å². The Bertz CT molecular complexity index is 1880. The zero-order chi connectivity index (χ0) is 39.9. The van der Waals surface area contributed by atoms with Crippen molar-refractivity contribution in [1.82, 2.24) is 19.5 Å². The van der Waals surface area contributed by atoms with Crippen LogP contribution in [0.4, 0.5) is 4.79 Å². The molecule has 16 heteroatoms. The number of hydrogen-bond donors (Lipinski definition) is 6. The number of pyridine rings is 1. The summed E-state index contributed by atoms with van der Waals surface area (Å²) in [6.45, 7) is 1.39. The Morgan fingerprint density at radius 3 is 2.40 bits per heavy atom. The maximum absolute atomic E-state index is 13.6. The van der Waals surface area contributed by atoms with Gasteiger partial charge < -0.3 is 45.2 Å². The molecule has 0 bridgehead atoms. The Kier molecular flexibility index (Phi) is 14.5.